The van der Waals surface area contributed by atoms with E-state index < -0.39 is 11.8 Å². The Balaban J connectivity index is 1.58. The topological polar surface area (TPSA) is 80.3 Å². The van der Waals surface area contributed by atoms with Crippen LogP contribution >= 0.6 is 0 Å². The summed E-state index contributed by atoms with van der Waals surface area (Å²) in [6, 6.07) is 12.8. The molecule has 2 aromatic rings. The SMILES string of the molecule is COc1ccc(C(C)NC(=O)C(=O)N2CCN(c3ccccc3OC)CC2)cc1OC. The fourth-order valence-corrected chi connectivity index (χ4v) is 3.65. The van der Waals surface area contributed by atoms with E-state index in [1.165, 1.54) is 0 Å². The Hall–Kier alpha value is -3.42. The van der Waals surface area contributed by atoms with E-state index in [1.807, 2.05) is 37.3 Å². The summed E-state index contributed by atoms with van der Waals surface area (Å²) >= 11 is 0. The lowest BCUT2D eigenvalue weighted by Crippen LogP contribution is -2.53. The quantitative estimate of drug-likeness (QED) is 0.713. The minimum atomic E-state index is -0.618. The zero-order valence-corrected chi connectivity index (χ0v) is 18.4. The van der Waals surface area contributed by atoms with Crippen LogP contribution in [0.5, 0.6) is 17.2 Å². The number of methoxy groups -OCH3 is 3. The molecule has 1 aliphatic rings. The first-order valence-corrected chi connectivity index (χ1v) is 10.2. The van der Waals surface area contributed by atoms with Crippen LogP contribution in [0.1, 0.15) is 18.5 Å². The molecule has 0 aliphatic carbocycles. The van der Waals surface area contributed by atoms with Crippen LogP contribution in [0.2, 0.25) is 0 Å². The van der Waals surface area contributed by atoms with Gasteiger partial charge in [-0.2, -0.15) is 0 Å². The molecule has 2 aromatic carbocycles. The van der Waals surface area contributed by atoms with E-state index in [-0.39, 0.29) is 6.04 Å². The van der Waals surface area contributed by atoms with Crippen molar-refractivity contribution < 1.29 is 23.8 Å². The number of benzene rings is 2. The van der Waals surface area contributed by atoms with E-state index in [2.05, 4.69) is 10.2 Å². The third-order valence-electron chi connectivity index (χ3n) is 5.44. The number of hydrogen-bond donors (Lipinski definition) is 1. The fraction of sp³-hybridized carbons (Fsp3) is 0.391. The van der Waals surface area contributed by atoms with Gasteiger partial charge in [-0.1, -0.05) is 18.2 Å². The first kappa shape index (κ1) is 22.3. The van der Waals surface area contributed by atoms with Crippen molar-refractivity contribution in [1.82, 2.24) is 10.2 Å². The minimum Gasteiger partial charge on any atom is -0.495 e. The molecule has 166 valence electrons. The standard InChI is InChI=1S/C23H29N3O5/c1-16(17-9-10-20(30-3)21(15-17)31-4)24-22(27)23(28)26-13-11-25(12-14-26)18-7-5-6-8-19(18)29-2/h5-10,15-16H,11-14H2,1-4H3,(H,24,27). The molecule has 1 unspecified atom stereocenters. The number of hydrogen-bond acceptors (Lipinski definition) is 6. The van der Waals surface area contributed by atoms with Crippen LogP contribution in [0.3, 0.4) is 0 Å². The zero-order chi connectivity index (χ0) is 22.4. The van der Waals surface area contributed by atoms with Gasteiger partial charge in [-0.25, -0.2) is 0 Å². The highest BCUT2D eigenvalue weighted by Crippen LogP contribution is 2.30. The monoisotopic (exact) mass is 427 g/mol. The Labute approximate surface area is 182 Å². The van der Waals surface area contributed by atoms with Gasteiger partial charge < -0.3 is 29.3 Å². The van der Waals surface area contributed by atoms with Gasteiger partial charge in [-0.3, -0.25) is 9.59 Å². The highest BCUT2D eigenvalue weighted by molar-refractivity contribution is 6.35. The summed E-state index contributed by atoms with van der Waals surface area (Å²) < 4.78 is 16.0. The second-order valence-corrected chi connectivity index (χ2v) is 7.26. The largest absolute Gasteiger partial charge is 0.495 e. The van der Waals surface area contributed by atoms with Crippen molar-refractivity contribution in [2.75, 3.05) is 52.4 Å². The second-order valence-electron chi connectivity index (χ2n) is 7.26. The maximum atomic E-state index is 12.7. The van der Waals surface area contributed by atoms with E-state index in [0.717, 1.165) is 17.0 Å². The van der Waals surface area contributed by atoms with Crippen molar-refractivity contribution in [3.05, 3.63) is 48.0 Å². The number of anilines is 1. The number of para-hydroxylation sites is 2. The highest BCUT2D eigenvalue weighted by atomic mass is 16.5. The molecule has 3 rings (SSSR count). The molecular weight excluding hydrogens is 398 g/mol. The molecule has 1 N–H and O–H groups in total. The van der Waals surface area contributed by atoms with Crippen LogP contribution in [0.4, 0.5) is 5.69 Å². The van der Waals surface area contributed by atoms with Gasteiger partial charge >= 0.3 is 11.8 Å². The normalized spacial score (nSPS) is 14.6. The summed E-state index contributed by atoms with van der Waals surface area (Å²) in [4.78, 5) is 29.0. The van der Waals surface area contributed by atoms with Gasteiger partial charge in [0.2, 0.25) is 0 Å². The third kappa shape index (κ3) is 5.02. The number of piperazine rings is 1. The zero-order valence-electron chi connectivity index (χ0n) is 18.4. The molecule has 1 fully saturated rings. The average molecular weight is 428 g/mol. The summed E-state index contributed by atoms with van der Waals surface area (Å²) in [6.45, 7) is 4.02. The molecule has 0 bridgehead atoms. The maximum absolute atomic E-state index is 12.7. The Morgan fingerprint density at radius 3 is 2.16 bits per heavy atom. The lowest BCUT2D eigenvalue weighted by Gasteiger charge is -2.36. The number of nitrogens with zero attached hydrogens (tertiary/aromatic N) is 2. The lowest BCUT2D eigenvalue weighted by molar-refractivity contribution is -0.146. The van der Waals surface area contributed by atoms with Crippen molar-refractivity contribution >= 4 is 17.5 Å². The van der Waals surface area contributed by atoms with Crippen LogP contribution in [0.25, 0.3) is 0 Å². The number of nitrogens with one attached hydrogen (secondary N) is 1. The molecule has 0 spiro atoms. The van der Waals surface area contributed by atoms with Gasteiger partial charge in [0, 0.05) is 26.2 Å². The number of carbonyl (C=O) groups excluding carboxylic acids is 2. The summed E-state index contributed by atoms with van der Waals surface area (Å²) in [5, 5.41) is 2.78. The number of rotatable bonds is 6. The maximum Gasteiger partial charge on any atom is 0.312 e. The lowest BCUT2D eigenvalue weighted by atomic mass is 10.1. The van der Waals surface area contributed by atoms with Gasteiger partial charge in [0.05, 0.1) is 33.1 Å². The van der Waals surface area contributed by atoms with Gasteiger partial charge in [0.15, 0.2) is 11.5 Å². The molecule has 0 aromatic heterocycles. The Morgan fingerprint density at radius 2 is 1.52 bits per heavy atom. The van der Waals surface area contributed by atoms with Crippen LogP contribution in [-0.2, 0) is 9.59 Å². The number of amides is 2. The molecule has 0 radical (unpaired) electrons. The van der Waals surface area contributed by atoms with E-state index >= 15 is 0 Å². The van der Waals surface area contributed by atoms with Crippen molar-refractivity contribution in [3.63, 3.8) is 0 Å². The first-order valence-electron chi connectivity index (χ1n) is 10.2. The first-order chi connectivity index (χ1) is 15.0. The summed E-state index contributed by atoms with van der Waals surface area (Å²) in [6.07, 6.45) is 0. The molecule has 0 saturated carbocycles. The van der Waals surface area contributed by atoms with Crippen molar-refractivity contribution in [2.45, 2.75) is 13.0 Å². The van der Waals surface area contributed by atoms with E-state index in [1.54, 1.807) is 38.4 Å². The van der Waals surface area contributed by atoms with Crippen LogP contribution < -0.4 is 24.4 Å². The van der Waals surface area contributed by atoms with Crippen LogP contribution in [0.15, 0.2) is 42.5 Å². The van der Waals surface area contributed by atoms with Crippen LogP contribution in [0, 0.1) is 0 Å². The molecule has 31 heavy (non-hydrogen) atoms. The van der Waals surface area contributed by atoms with Gasteiger partial charge in [0.1, 0.15) is 5.75 Å². The van der Waals surface area contributed by atoms with Crippen LogP contribution in [-0.4, -0.2) is 64.2 Å². The van der Waals surface area contributed by atoms with Crippen molar-refractivity contribution in [2.24, 2.45) is 0 Å². The average Bonchev–Trinajstić information content (AvgIpc) is 2.82. The Kier molecular flexibility index (Phi) is 7.23. The smallest absolute Gasteiger partial charge is 0.312 e. The third-order valence-corrected chi connectivity index (χ3v) is 5.44. The molecule has 2 amide bonds. The van der Waals surface area contributed by atoms with Gasteiger partial charge in [0.25, 0.3) is 0 Å². The molecule has 1 aliphatic heterocycles. The Bertz CT molecular complexity index is 925. The number of ether oxygens (including phenoxy) is 3. The Morgan fingerprint density at radius 1 is 0.871 bits per heavy atom. The molecule has 1 heterocycles. The van der Waals surface area contributed by atoms with Gasteiger partial charge in [-0.05, 0) is 36.8 Å². The molecule has 1 saturated heterocycles. The predicted molar refractivity (Wildman–Crippen MR) is 118 cm³/mol. The summed E-state index contributed by atoms with van der Waals surface area (Å²) in [5.74, 6) is 0.831. The predicted octanol–water partition coefficient (Wildman–Crippen LogP) is 2.24. The fourth-order valence-electron chi connectivity index (χ4n) is 3.65. The van der Waals surface area contributed by atoms with Crippen molar-refractivity contribution in [1.29, 1.82) is 0 Å². The van der Waals surface area contributed by atoms with E-state index in [0.29, 0.717) is 37.7 Å². The summed E-state index contributed by atoms with van der Waals surface area (Å²) in [7, 11) is 4.76. The van der Waals surface area contributed by atoms with Gasteiger partial charge in [-0.15, -0.1) is 0 Å². The second kappa shape index (κ2) is 10.1. The molecular formula is C23H29N3O5. The highest BCUT2D eigenvalue weighted by Gasteiger charge is 2.28. The molecule has 8 nitrogen and oxygen atoms in total. The van der Waals surface area contributed by atoms with E-state index in [4.69, 9.17) is 14.2 Å². The van der Waals surface area contributed by atoms with Crippen molar-refractivity contribution in [3.8, 4) is 17.2 Å². The summed E-state index contributed by atoms with van der Waals surface area (Å²) in [5.41, 5.74) is 1.81. The molecule has 1 atom stereocenters. The number of carbonyl (C=O) groups is 2. The minimum absolute atomic E-state index is 0.355. The molecule has 8 heteroatoms. The van der Waals surface area contributed by atoms with E-state index in [9.17, 15) is 9.59 Å².